The van der Waals surface area contributed by atoms with E-state index in [1.807, 2.05) is 0 Å². The smallest absolute Gasteiger partial charge is 0.311 e. The molecule has 0 radical (unpaired) electrons. The van der Waals surface area contributed by atoms with E-state index in [0.29, 0.717) is 16.4 Å². The van der Waals surface area contributed by atoms with Gasteiger partial charge in [-0.25, -0.2) is 0 Å². The van der Waals surface area contributed by atoms with Gasteiger partial charge >= 0.3 is 5.97 Å². The van der Waals surface area contributed by atoms with Gasteiger partial charge in [-0.15, -0.1) is 0 Å². The van der Waals surface area contributed by atoms with Crippen molar-refractivity contribution >= 4 is 62.4 Å². The first kappa shape index (κ1) is 21.7. The maximum atomic E-state index is 12.3. The number of carbonyl (C=O) groups excluding carboxylic acids is 3. The minimum absolute atomic E-state index is 0.0129. The summed E-state index contributed by atoms with van der Waals surface area (Å²) >= 11 is 9.28. The SMILES string of the molecule is O=C(COC(=O)[C@H]1CC(=O)N(c2cccc([N+](=O)[O-])c2)C1)Nc1ccc(Br)cc1Cl. The summed E-state index contributed by atoms with van der Waals surface area (Å²) in [6.45, 7) is -0.522. The molecule has 0 unspecified atom stereocenters. The minimum Gasteiger partial charge on any atom is -0.455 e. The highest BCUT2D eigenvalue weighted by Crippen LogP contribution is 2.29. The summed E-state index contributed by atoms with van der Waals surface area (Å²) in [5, 5.41) is 13.8. The largest absolute Gasteiger partial charge is 0.455 e. The van der Waals surface area contributed by atoms with Crippen LogP contribution in [0.3, 0.4) is 0 Å². The highest BCUT2D eigenvalue weighted by Gasteiger charge is 2.36. The van der Waals surface area contributed by atoms with Crippen molar-refractivity contribution in [2.24, 2.45) is 5.92 Å². The molecule has 2 aromatic carbocycles. The van der Waals surface area contributed by atoms with Gasteiger partial charge in [0.25, 0.3) is 11.6 Å². The number of nitro benzene ring substituents is 1. The molecule has 156 valence electrons. The van der Waals surface area contributed by atoms with E-state index in [0.717, 1.165) is 4.47 Å². The van der Waals surface area contributed by atoms with Crippen LogP contribution in [0.2, 0.25) is 5.02 Å². The van der Waals surface area contributed by atoms with Crippen LogP contribution in [-0.2, 0) is 19.1 Å². The molecule has 1 heterocycles. The summed E-state index contributed by atoms with van der Waals surface area (Å²) in [6.07, 6.45) is -0.109. The van der Waals surface area contributed by atoms with Gasteiger partial charge in [0.15, 0.2) is 6.61 Å². The van der Waals surface area contributed by atoms with E-state index in [9.17, 15) is 24.5 Å². The third-order valence-corrected chi connectivity index (χ3v) is 5.17. The third kappa shape index (κ3) is 5.14. The van der Waals surface area contributed by atoms with Crippen molar-refractivity contribution < 1.29 is 24.0 Å². The molecule has 1 aliphatic heterocycles. The van der Waals surface area contributed by atoms with Crippen LogP contribution in [0.15, 0.2) is 46.9 Å². The Morgan fingerprint density at radius 1 is 1.30 bits per heavy atom. The Balaban J connectivity index is 1.56. The molecule has 0 saturated carbocycles. The lowest BCUT2D eigenvalue weighted by atomic mass is 10.1. The zero-order valence-electron chi connectivity index (χ0n) is 15.3. The number of nitrogens with one attached hydrogen (secondary N) is 1. The van der Waals surface area contributed by atoms with Crippen LogP contribution < -0.4 is 10.2 Å². The molecule has 1 atom stereocenters. The lowest BCUT2D eigenvalue weighted by Crippen LogP contribution is -2.28. The van der Waals surface area contributed by atoms with Gasteiger partial charge in [-0.3, -0.25) is 24.5 Å². The fourth-order valence-electron chi connectivity index (χ4n) is 2.92. The summed E-state index contributed by atoms with van der Waals surface area (Å²) < 4.78 is 5.77. The Morgan fingerprint density at radius 2 is 2.07 bits per heavy atom. The summed E-state index contributed by atoms with van der Waals surface area (Å²) in [6, 6.07) is 10.5. The van der Waals surface area contributed by atoms with E-state index in [2.05, 4.69) is 21.2 Å². The standard InChI is InChI=1S/C19H15BrClN3O6/c20-12-4-5-16(15(21)7-12)22-17(25)10-30-19(27)11-6-18(26)23(9-11)13-2-1-3-14(8-13)24(28)29/h1-5,7-8,11H,6,9-10H2,(H,22,25)/t11-/m0/s1. The average molecular weight is 497 g/mol. The number of halogens is 2. The van der Waals surface area contributed by atoms with Crippen molar-refractivity contribution in [3.05, 3.63) is 62.1 Å². The molecular formula is C19H15BrClN3O6. The van der Waals surface area contributed by atoms with Crippen LogP contribution in [0.1, 0.15) is 6.42 Å². The number of anilines is 2. The molecule has 2 aromatic rings. The maximum absolute atomic E-state index is 12.3. The van der Waals surface area contributed by atoms with Crippen LogP contribution in [0, 0.1) is 16.0 Å². The predicted octanol–water partition coefficient (Wildman–Crippen LogP) is 3.55. The molecule has 0 aliphatic carbocycles. The van der Waals surface area contributed by atoms with E-state index in [1.54, 1.807) is 24.3 Å². The van der Waals surface area contributed by atoms with Crippen LogP contribution in [0.25, 0.3) is 0 Å². The molecule has 9 nitrogen and oxygen atoms in total. The van der Waals surface area contributed by atoms with Gasteiger partial charge in [0.2, 0.25) is 5.91 Å². The molecular weight excluding hydrogens is 482 g/mol. The van der Waals surface area contributed by atoms with Crippen LogP contribution >= 0.6 is 27.5 Å². The number of ether oxygens (including phenoxy) is 1. The molecule has 3 rings (SSSR count). The first-order chi connectivity index (χ1) is 14.2. The number of rotatable bonds is 6. The van der Waals surface area contributed by atoms with Crippen molar-refractivity contribution in [3.8, 4) is 0 Å². The molecule has 11 heteroatoms. The highest BCUT2D eigenvalue weighted by molar-refractivity contribution is 9.10. The first-order valence-corrected chi connectivity index (χ1v) is 9.88. The number of hydrogen-bond donors (Lipinski definition) is 1. The minimum atomic E-state index is -0.777. The summed E-state index contributed by atoms with van der Waals surface area (Å²) in [4.78, 5) is 48.2. The van der Waals surface area contributed by atoms with Crippen molar-refractivity contribution in [2.75, 3.05) is 23.4 Å². The van der Waals surface area contributed by atoms with Gasteiger partial charge in [-0.1, -0.05) is 33.6 Å². The Bertz CT molecular complexity index is 1030. The zero-order chi connectivity index (χ0) is 21.8. The Labute approximate surface area is 184 Å². The summed E-state index contributed by atoms with van der Waals surface area (Å²) in [5.41, 5.74) is 0.538. The van der Waals surface area contributed by atoms with E-state index >= 15 is 0 Å². The summed E-state index contributed by atoms with van der Waals surface area (Å²) in [5.74, 6) is -2.41. The number of esters is 1. The van der Waals surface area contributed by atoms with E-state index in [1.165, 1.54) is 23.1 Å². The number of nitrogens with zero attached hydrogens (tertiary/aromatic N) is 2. The fourth-order valence-corrected chi connectivity index (χ4v) is 3.64. The number of amides is 2. The van der Waals surface area contributed by atoms with E-state index < -0.39 is 29.3 Å². The van der Waals surface area contributed by atoms with Crippen molar-refractivity contribution in [1.82, 2.24) is 0 Å². The summed E-state index contributed by atoms with van der Waals surface area (Å²) in [7, 11) is 0. The number of non-ortho nitro benzene ring substituents is 1. The number of nitro groups is 1. The van der Waals surface area contributed by atoms with Crippen molar-refractivity contribution in [2.45, 2.75) is 6.42 Å². The molecule has 0 spiro atoms. The van der Waals surface area contributed by atoms with Gasteiger partial charge in [0, 0.05) is 29.6 Å². The molecule has 0 aromatic heterocycles. The van der Waals surface area contributed by atoms with Gasteiger partial charge < -0.3 is 15.0 Å². The Morgan fingerprint density at radius 3 is 2.77 bits per heavy atom. The van der Waals surface area contributed by atoms with Crippen molar-refractivity contribution in [1.29, 1.82) is 0 Å². The average Bonchev–Trinajstić information content (AvgIpc) is 3.10. The molecule has 2 amide bonds. The van der Waals surface area contributed by atoms with Gasteiger partial charge in [0.05, 0.1) is 27.2 Å². The topological polar surface area (TPSA) is 119 Å². The normalized spacial score (nSPS) is 15.7. The van der Waals surface area contributed by atoms with Crippen LogP contribution in [-0.4, -0.2) is 35.9 Å². The number of carbonyl (C=O) groups is 3. The van der Waals surface area contributed by atoms with Gasteiger partial charge in [-0.2, -0.15) is 0 Å². The highest BCUT2D eigenvalue weighted by atomic mass is 79.9. The second kappa shape index (κ2) is 9.23. The molecule has 0 bridgehead atoms. The lowest BCUT2D eigenvalue weighted by molar-refractivity contribution is -0.384. The van der Waals surface area contributed by atoms with Gasteiger partial charge in [-0.05, 0) is 24.3 Å². The van der Waals surface area contributed by atoms with Crippen LogP contribution in [0.4, 0.5) is 17.1 Å². The number of benzene rings is 2. The molecule has 30 heavy (non-hydrogen) atoms. The molecule has 1 saturated heterocycles. The lowest BCUT2D eigenvalue weighted by Gasteiger charge is -2.16. The first-order valence-electron chi connectivity index (χ1n) is 8.71. The van der Waals surface area contributed by atoms with E-state index in [-0.39, 0.29) is 24.6 Å². The molecule has 1 fully saturated rings. The second-order valence-electron chi connectivity index (χ2n) is 6.46. The zero-order valence-corrected chi connectivity index (χ0v) is 17.7. The van der Waals surface area contributed by atoms with Gasteiger partial charge in [0.1, 0.15) is 0 Å². The third-order valence-electron chi connectivity index (χ3n) is 4.36. The molecule has 1 N–H and O–H groups in total. The predicted molar refractivity (Wildman–Crippen MR) is 112 cm³/mol. The Hall–Kier alpha value is -2.98. The Kier molecular flexibility index (Phi) is 6.68. The fraction of sp³-hybridized carbons (Fsp3) is 0.211. The maximum Gasteiger partial charge on any atom is 0.311 e. The van der Waals surface area contributed by atoms with Crippen LogP contribution in [0.5, 0.6) is 0 Å². The number of hydrogen-bond acceptors (Lipinski definition) is 6. The van der Waals surface area contributed by atoms with Crippen molar-refractivity contribution in [3.63, 3.8) is 0 Å². The van der Waals surface area contributed by atoms with E-state index in [4.69, 9.17) is 16.3 Å². The monoisotopic (exact) mass is 495 g/mol. The second-order valence-corrected chi connectivity index (χ2v) is 7.79. The quantitative estimate of drug-likeness (QED) is 0.371. The molecule has 1 aliphatic rings.